The highest BCUT2D eigenvalue weighted by Gasteiger charge is 2.36. The number of halogens is 2. The molecular weight excluding hydrogens is 423 g/mol. The Kier molecular flexibility index (Phi) is 8.67. The molecule has 0 atom stereocenters. The van der Waals surface area contributed by atoms with Gasteiger partial charge in [-0.2, -0.15) is 0 Å². The number of hydrogen-bond donors (Lipinski definition) is 1. The third kappa shape index (κ3) is 5.52. The van der Waals surface area contributed by atoms with E-state index in [1.807, 2.05) is 21.8 Å². The van der Waals surface area contributed by atoms with Gasteiger partial charge in [0.25, 0.3) is 5.91 Å². The Hall–Kier alpha value is -1.67. The number of carbonyl (C=O) groups is 1. The van der Waals surface area contributed by atoms with Crippen molar-refractivity contribution in [3.8, 4) is 0 Å². The summed E-state index contributed by atoms with van der Waals surface area (Å²) in [6.45, 7) is 9.57. The summed E-state index contributed by atoms with van der Waals surface area (Å²) >= 11 is 0. The van der Waals surface area contributed by atoms with Crippen LogP contribution in [0.3, 0.4) is 0 Å². The summed E-state index contributed by atoms with van der Waals surface area (Å²) in [5, 5.41) is 11.8. The molecule has 7 nitrogen and oxygen atoms in total. The van der Waals surface area contributed by atoms with Crippen molar-refractivity contribution in [1.82, 2.24) is 30.1 Å². The number of aromatic nitrogens is 3. The van der Waals surface area contributed by atoms with E-state index in [2.05, 4.69) is 58.6 Å². The SMILES string of the molecule is CC1(C)CN(C(=O)c2cn(C3CCNCC3)nn2)CCN1Cc1ccccc1.Cl.Cl. The van der Waals surface area contributed by atoms with Crippen LogP contribution in [0.25, 0.3) is 0 Å². The Bertz CT molecular complexity index is 807. The van der Waals surface area contributed by atoms with E-state index in [-0.39, 0.29) is 36.3 Å². The van der Waals surface area contributed by atoms with Gasteiger partial charge in [0.1, 0.15) is 0 Å². The van der Waals surface area contributed by atoms with Crippen molar-refractivity contribution < 1.29 is 4.79 Å². The number of piperidine rings is 1. The van der Waals surface area contributed by atoms with Crippen LogP contribution in [0.4, 0.5) is 0 Å². The Morgan fingerprint density at radius 1 is 1.13 bits per heavy atom. The number of carbonyl (C=O) groups excluding carboxylic acids is 1. The molecule has 1 amide bonds. The Morgan fingerprint density at radius 2 is 1.83 bits per heavy atom. The molecule has 9 heteroatoms. The molecule has 3 heterocycles. The summed E-state index contributed by atoms with van der Waals surface area (Å²) < 4.78 is 1.88. The summed E-state index contributed by atoms with van der Waals surface area (Å²) in [5.41, 5.74) is 1.68. The zero-order valence-electron chi connectivity index (χ0n) is 17.7. The number of benzene rings is 1. The summed E-state index contributed by atoms with van der Waals surface area (Å²) in [6.07, 6.45) is 3.89. The van der Waals surface area contributed by atoms with Gasteiger partial charge in [0, 0.05) is 31.7 Å². The average molecular weight is 455 g/mol. The summed E-state index contributed by atoms with van der Waals surface area (Å²) in [6, 6.07) is 10.9. The summed E-state index contributed by atoms with van der Waals surface area (Å²) in [7, 11) is 0. The highest BCUT2D eigenvalue weighted by atomic mass is 35.5. The van der Waals surface area contributed by atoms with Crippen LogP contribution in [-0.2, 0) is 6.54 Å². The lowest BCUT2D eigenvalue weighted by molar-refractivity contribution is 0.0135. The normalized spacial score (nSPS) is 19.6. The van der Waals surface area contributed by atoms with Crippen molar-refractivity contribution in [2.24, 2.45) is 0 Å². The highest BCUT2D eigenvalue weighted by molar-refractivity contribution is 5.92. The second-order valence-electron chi connectivity index (χ2n) is 8.51. The van der Waals surface area contributed by atoms with Crippen LogP contribution in [-0.4, -0.2) is 69.0 Å². The zero-order valence-corrected chi connectivity index (χ0v) is 19.3. The second-order valence-corrected chi connectivity index (χ2v) is 8.51. The molecule has 0 spiro atoms. The molecule has 0 saturated carbocycles. The van der Waals surface area contributed by atoms with Crippen molar-refractivity contribution in [3.63, 3.8) is 0 Å². The van der Waals surface area contributed by atoms with E-state index in [0.717, 1.165) is 45.6 Å². The van der Waals surface area contributed by atoms with Gasteiger partial charge in [0.05, 0.1) is 12.2 Å². The molecule has 0 unspecified atom stereocenters. The molecule has 0 aliphatic carbocycles. The van der Waals surface area contributed by atoms with Crippen LogP contribution in [0, 0.1) is 0 Å². The molecule has 166 valence electrons. The molecule has 2 saturated heterocycles. The van der Waals surface area contributed by atoms with Gasteiger partial charge in [-0.3, -0.25) is 9.69 Å². The molecule has 0 bridgehead atoms. The van der Waals surface area contributed by atoms with Gasteiger partial charge in [-0.15, -0.1) is 29.9 Å². The quantitative estimate of drug-likeness (QED) is 0.768. The maximum absolute atomic E-state index is 13.0. The molecule has 1 aromatic heterocycles. The van der Waals surface area contributed by atoms with E-state index < -0.39 is 0 Å². The lowest BCUT2D eigenvalue weighted by Crippen LogP contribution is -2.60. The first-order valence-electron chi connectivity index (χ1n) is 10.2. The van der Waals surface area contributed by atoms with Crippen LogP contribution in [0.15, 0.2) is 36.5 Å². The molecule has 2 aromatic rings. The van der Waals surface area contributed by atoms with Gasteiger partial charge in [0.15, 0.2) is 5.69 Å². The number of rotatable bonds is 4. The standard InChI is InChI=1S/C21H30N6O.2ClH/c1-21(2)16-25(12-13-26(21)14-17-6-4-3-5-7-17)20(28)19-15-27(24-23-19)18-8-10-22-11-9-18;;/h3-7,15,18,22H,8-14,16H2,1-2H3;2*1H. The smallest absolute Gasteiger partial charge is 0.276 e. The van der Waals surface area contributed by atoms with Crippen molar-refractivity contribution in [3.05, 3.63) is 47.8 Å². The number of nitrogens with zero attached hydrogens (tertiary/aromatic N) is 5. The first kappa shape index (κ1) is 24.6. The third-order valence-corrected chi connectivity index (χ3v) is 5.99. The molecular formula is C21H32Cl2N6O. The van der Waals surface area contributed by atoms with Gasteiger partial charge in [-0.1, -0.05) is 35.5 Å². The van der Waals surface area contributed by atoms with Crippen LogP contribution in [0.5, 0.6) is 0 Å². The average Bonchev–Trinajstić information content (AvgIpc) is 3.20. The minimum atomic E-state index is -0.0885. The van der Waals surface area contributed by atoms with Crippen LogP contribution in [0.1, 0.15) is 48.8 Å². The number of nitrogens with one attached hydrogen (secondary N) is 1. The molecule has 1 N–H and O–H groups in total. The van der Waals surface area contributed by atoms with Crippen molar-refractivity contribution in [2.75, 3.05) is 32.7 Å². The predicted octanol–water partition coefficient (Wildman–Crippen LogP) is 2.78. The van der Waals surface area contributed by atoms with Gasteiger partial charge in [0.2, 0.25) is 0 Å². The Morgan fingerprint density at radius 3 is 2.50 bits per heavy atom. The van der Waals surface area contributed by atoms with Gasteiger partial charge in [-0.25, -0.2) is 4.68 Å². The molecule has 2 aliphatic rings. The monoisotopic (exact) mass is 454 g/mol. The second kappa shape index (κ2) is 10.6. The molecule has 0 radical (unpaired) electrons. The van der Waals surface area contributed by atoms with E-state index in [1.165, 1.54) is 5.56 Å². The van der Waals surface area contributed by atoms with Gasteiger partial charge in [-0.05, 0) is 45.3 Å². The van der Waals surface area contributed by atoms with Crippen LogP contribution in [0.2, 0.25) is 0 Å². The summed E-state index contributed by atoms with van der Waals surface area (Å²) in [4.78, 5) is 17.4. The highest BCUT2D eigenvalue weighted by Crippen LogP contribution is 2.24. The molecule has 30 heavy (non-hydrogen) atoms. The van der Waals surface area contributed by atoms with E-state index in [9.17, 15) is 4.79 Å². The lowest BCUT2D eigenvalue weighted by atomic mass is 9.97. The number of piperazine rings is 1. The first-order valence-corrected chi connectivity index (χ1v) is 10.2. The zero-order chi connectivity index (χ0) is 19.6. The van der Waals surface area contributed by atoms with Crippen LogP contribution >= 0.6 is 24.8 Å². The largest absolute Gasteiger partial charge is 0.334 e. The van der Waals surface area contributed by atoms with E-state index in [0.29, 0.717) is 18.3 Å². The maximum atomic E-state index is 13.0. The van der Waals surface area contributed by atoms with E-state index >= 15 is 0 Å². The maximum Gasteiger partial charge on any atom is 0.276 e. The van der Waals surface area contributed by atoms with Crippen molar-refractivity contribution in [1.29, 1.82) is 0 Å². The lowest BCUT2D eigenvalue weighted by Gasteiger charge is -2.47. The number of hydrogen-bond acceptors (Lipinski definition) is 5. The molecule has 4 rings (SSSR count). The van der Waals surface area contributed by atoms with Crippen molar-refractivity contribution >= 4 is 30.7 Å². The van der Waals surface area contributed by atoms with Gasteiger partial charge < -0.3 is 10.2 Å². The molecule has 1 aromatic carbocycles. The van der Waals surface area contributed by atoms with Gasteiger partial charge >= 0.3 is 0 Å². The fraction of sp³-hybridized carbons (Fsp3) is 0.571. The fourth-order valence-corrected chi connectivity index (χ4v) is 4.25. The summed E-state index contributed by atoms with van der Waals surface area (Å²) in [5.74, 6) is -0.00683. The third-order valence-electron chi connectivity index (χ3n) is 5.99. The Labute approximate surface area is 191 Å². The van der Waals surface area contributed by atoms with Crippen molar-refractivity contribution in [2.45, 2.75) is 44.8 Å². The first-order chi connectivity index (χ1) is 13.5. The molecule has 2 aliphatic heterocycles. The van der Waals surface area contributed by atoms with E-state index in [4.69, 9.17) is 0 Å². The number of amides is 1. The topological polar surface area (TPSA) is 66.3 Å². The molecule has 2 fully saturated rings. The Balaban J connectivity index is 0.00000160. The fourth-order valence-electron chi connectivity index (χ4n) is 4.25. The minimum Gasteiger partial charge on any atom is -0.334 e. The van der Waals surface area contributed by atoms with Crippen LogP contribution < -0.4 is 5.32 Å². The predicted molar refractivity (Wildman–Crippen MR) is 122 cm³/mol. The van der Waals surface area contributed by atoms with E-state index in [1.54, 1.807) is 0 Å². The minimum absolute atomic E-state index is 0.